The van der Waals surface area contributed by atoms with Crippen molar-refractivity contribution in [2.75, 3.05) is 31.6 Å². The number of nitrogens with zero attached hydrogens (tertiary/aromatic N) is 2. The van der Waals surface area contributed by atoms with Crippen LogP contribution in [0.3, 0.4) is 0 Å². The van der Waals surface area contributed by atoms with Crippen molar-refractivity contribution in [2.24, 2.45) is 0 Å². The minimum absolute atomic E-state index is 0.0198. The largest absolute Gasteiger partial charge is 0.497 e. The van der Waals surface area contributed by atoms with E-state index < -0.39 is 34.4 Å². The van der Waals surface area contributed by atoms with Crippen molar-refractivity contribution in [2.45, 2.75) is 38.3 Å². The Bertz CT molecular complexity index is 1500. The standard InChI is InChI=1S/C29H33Cl2N3O6S/c1-6-32-29(36)20(3)33(17-21-9-13-24(30)25(31)15-21)28(35)18-34(26-16-22(39-4)10-14-27(26)40-5)41(37,38)23-11-7-19(2)8-12-23/h7-16,20H,6,17-18H2,1-5H3,(H,32,36). The number of methoxy groups -OCH3 is 2. The molecule has 0 spiro atoms. The van der Waals surface area contributed by atoms with Gasteiger partial charge >= 0.3 is 0 Å². The summed E-state index contributed by atoms with van der Waals surface area (Å²) in [5, 5.41) is 3.34. The quantitative estimate of drug-likeness (QED) is 0.303. The first-order valence-electron chi connectivity index (χ1n) is 12.8. The molecule has 0 aromatic heterocycles. The predicted octanol–water partition coefficient (Wildman–Crippen LogP) is 5.07. The highest BCUT2D eigenvalue weighted by Gasteiger charge is 2.34. The Hall–Kier alpha value is -3.47. The molecule has 0 saturated heterocycles. The van der Waals surface area contributed by atoms with Gasteiger partial charge in [-0.15, -0.1) is 0 Å². The molecule has 220 valence electrons. The summed E-state index contributed by atoms with van der Waals surface area (Å²) in [4.78, 5) is 28.2. The molecule has 41 heavy (non-hydrogen) atoms. The number of hydrogen-bond acceptors (Lipinski definition) is 6. The van der Waals surface area contributed by atoms with Gasteiger partial charge in [0, 0.05) is 19.2 Å². The molecule has 3 aromatic rings. The highest BCUT2D eigenvalue weighted by Crippen LogP contribution is 2.36. The summed E-state index contributed by atoms with van der Waals surface area (Å²) in [7, 11) is -1.44. The molecule has 1 N–H and O–H groups in total. The van der Waals surface area contributed by atoms with Crippen LogP contribution in [0.15, 0.2) is 65.6 Å². The van der Waals surface area contributed by atoms with E-state index >= 15 is 0 Å². The summed E-state index contributed by atoms with van der Waals surface area (Å²) in [6.45, 7) is 4.87. The summed E-state index contributed by atoms with van der Waals surface area (Å²) in [5.74, 6) is -0.453. The van der Waals surface area contributed by atoms with Crippen LogP contribution < -0.4 is 19.1 Å². The van der Waals surface area contributed by atoms with Crippen molar-refractivity contribution < 1.29 is 27.5 Å². The summed E-state index contributed by atoms with van der Waals surface area (Å²) in [5.41, 5.74) is 1.57. The van der Waals surface area contributed by atoms with Gasteiger partial charge in [-0.2, -0.15) is 0 Å². The molecule has 1 unspecified atom stereocenters. The van der Waals surface area contributed by atoms with Crippen molar-refractivity contribution in [3.8, 4) is 11.5 Å². The molecule has 0 radical (unpaired) electrons. The van der Waals surface area contributed by atoms with Crippen LogP contribution in [-0.2, 0) is 26.2 Å². The van der Waals surface area contributed by atoms with Crippen LogP contribution in [0.25, 0.3) is 0 Å². The minimum Gasteiger partial charge on any atom is -0.497 e. The Morgan fingerprint density at radius 1 is 0.951 bits per heavy atom. The molecule has 0 aliphatic rings. The number of anilines is 1. The molecule has 2 amide bonds. The molecule has 0 fully saturated rings. The van der Waals surface area contributed by atoms with Crippen molar-refractivity contribution in [3.63, 3.8) is 0 Å². The topological polar surface area (TPSA) is 105 Å². The second-order valence-electron chi connectivity index (χ2n) is 9.20. The first-order valence-corrected chi connectivity index (χ1v) is 14.9. The zero-order valence-electron chi connectivity index (χ0n) is 23.5. The molecule has 0 aliphatic carbocycles. The third-order valence-electron chi connectivity index (χ3n) is 6.40. The first-order chi connectivity index (χ1) is 19.4. The fourth-order valence-corrected chi connectivity index (χ4v) is 5.82. The maximum Gasteiger partial charge on any atom is 0.264 e. The van der Waals surface area contributed by atoms with Gasteiger partial charge in [0.25, 0.3) is 10.0 Å². The average molecular weight is 623 g/mol. The highest BCUT2D eigenvalue weighted by atomic mass is 35.5. The van der Waals surface area contributed by atoms with Gasteiger partial charge in [-0.1, -0.05) is 47.0 Å². The number of carbonyl (C=O) groups is 2. The number of aryl methyl sites for hydroxylation is 1. The number of sulfonamides is 1. The van der Waals surface area contributed by atoms with E-state index in [0.717, 1.165) is 9.87 Å². The van der Waals surface area contributed by atoms with Crippen LogP contribution in [-0.4, -0.2) is 58.5 Å². The summed E-state index contributed by atoms with van der Waals surface area (Å²) >= 11 is 12.3. The van der Waals surface area contributed by atoms with Crippen LogP contribution in [0.1, 0.15) is 25.0 Å². The van der Waals surface area contributed by atoms with Crippen LogP contribution >= 0.6 is 23.2 Å². The molecule has 0 heterocycles. The third kappa shape index (κ3) is 7.63. The average Bonchev–Trinajstić information content (AvgIpc) is 2.95. The van der Waals surface area contributed by atoms with E-state index in [2.05, 4.69) is 5.32 Å². The van der Waals surface area contributed by atoms with Crippen molar-refractivity contribution in [1.29, 1.82) is 0 Å². The van der Waals surface area contributed by atoms with E-state index in [0.29, 0.717) is 22.9 Å². The van der Waals surface area contributed by atoms with Gasteiger partial charge in [-0.3, -0.25) is 13.9 Å². The van der Waals surface area contributed by atoms with Crippen LogP contribution in [0.5, 0.6) is 11.5 Å². The lowest BCUT2D eigenvalue weighted by Crippen LogP contribution is -2.51. The van der Waals surface area contributed by atoms with E-state index in [9.17, 15) is 18.0 Å². The van der Waals surface area contributed by atoms with Gasteiger partial charge < -0.3 is 19.7 Å². The predicted molar refractivity (Wildman–Crippen MR) is 160 cm³/mol. The monoisotopic (exact) mass is 621 g/mol. The van der Waals surface area contributed by atoms with Crippen molar-refractivity contribution in [3.05, 3.63) is 81.8 Å². The van der Waals surface area contributed by atoms with Crippen LogP contribution in [0, 0.1) is 6.92 Å². The van der Waals surface area contributed by atoms with Gasteiger partial charge in [-0.25, -0.2) is 8.42 Å². The van der Waals surface area contributed by atoms with Gasteiger partial charge in [0.15, 0.2) is 0 Å². The van der Waals surface area contributed by atoms with Gasteiger partial charge in [0.2, 0.25) is 11.8 Å². The van der Waals surface area contributed by atoms with E-state index in [-0.39, 0.29) is 27.9 Å². The lowest BCUT2D eigenvalue weighted by molar-refractivity contribution is -0.139. The van der Waals surface area contributed by atoms with Crippen molar-refractivity contribution in [1.82, 2.24) is 10.2 Å². The first kappa shape index (κ1) is 32.0. The number of ether oxygens (including phenoxy) is 2. The maximum atomic E-state index is 14.1. The Labute approximate surface area is 251 Å². The van der Waals surface area contributed by atoms with Gasteiger partial charge in [-0.05, 0) is 62.7 Å². The Kier molecular flexibility index (Phi) is 10.9. The maximum absolute atomic E-state index is 14.1. The van der Waals surface area contributed by atoms with E-state index in [1.54, 1.807) is 56.3 Å². The smallest absolute Gasteiger partial charge is 0.264 e. The number of amides is 2. The lowest BCUT2D eigenvalue weighted by atomic mass is 10.1. The fraction of sp³-hybridized carbons (Fsp3) is 0.310. The number of nitrogens with one attached hydrogen (secondary N) is 1. The Morgan fingerprint density at radius 2 is 1.63 bits per heavy atom. The molecule has 0 bridgehead atoms. The number of likely N-dealkylation sites (N-methyl/N-ethyl adjacent to an activating group) is 1. The molecule has 0 aliphatic heterocycles. The van der Waals surface area contributed by atoms with E-state index in [1.807, 2.05) is 6.92 Å². The number of hydrogen-bond donors (Lipinski definition) is 1. The second kappa shape index (κ2) is 13.9. The fourth-order valence-electron chi connectivity index (χ4n) is 4.08. The number of rotatable bonds is 12. The molecule has 1 atom stereocenters. The zero-order chi connectivity index (χ0) is 30.3. The van der Waals surface area contributed by atoms with Crippen LogP contribution in [0.4, 0.5) is 5.69 Å². The molecule has 3 rings (SSSR count). The third-order valence-corrected chi connectivity index (χ3v) is 8.91. The van der Waals surface area contributed by atoms with Gasteiger partial charge in [0.05, 0.1) is 34.8 Å². The Morgan fingerprint density at radius 3 is 2.22 bits per heavy atom. The van der Waals surface area contributed by atoms with E-state index in [4.69, 9.17) is 32.7 Å². The number of benzene rings is 3. The minimum atomic E-state index is -4.29. The van der Waals surface area contributed by atoms with E-state index in [1.165, 1.54) is 37.3 Å². The molecule has 12 heteroatoms. The number of carbonyl (C=O) groups excluding carboxylic acids is 2. The summed E-state index contributed by atoms with van der Waals surface area (Å²) in [6.07, 6.45) is 0. The molecular formula is C29H33Cl2N3O6S. The zero-order valence-corrected chi connectivity index (χ0v) is 25.8. The second-order valence-corrected chi connectivity index (χ2v) is 11.9. The highest BCUT2D eigenvalue weighted by molar-refractivity contribution is 7.92. The number of halogens is 2. The summed E-state index contributed by atoms with van der Waals surface area (Å²) < 4.78 is 39.9. The Balaban J connectivity index is 2.13. The molecule has 3 aromatic carbocycles. The lowest BCUT2D eigenvalue weighted by Gasteiger charge is -2.32. The van der Waals surface area contributed by atoms with Crippen LogP contribution in [0.2, 0.25) is 10.0 Å². The molecular weight excluding hydrogens is 589 g/mol. The van der Waals surface area contributed by atoms with Crippen molar-refractivity contribution >= 4 is 50.7 Å². The SMILES string of the molecule is CCNC(=O)C(C)N(Cc1ccc(Cl)c(Cl)c1)C(=O)CN(c1cc(OC)ccc1OC)S(=O)(=O)c1ccc(C)cc1. The molecule has 0 saturated carbocycles. The molecule has 9 nitrogen and oxygen atoms in total. The van der Waals surface area contributed by atoms with Gasteiger partial charge in [0.1, 0.15) is 24.1 Å². The summed E-state index contributed by atoms with van der Waals surface area (Å²) in [6, 6.07) is 14.9. The normalized spacial score (nSPS) is 11.9.